The predicted octanol–water partition coefficient (Wildman–Crippen LogP) is 4.62. The van der Waals surface area contributed by atoms with E-state index in [1.54, 1.807) is 4.90 Å². The Morgan fingerprint density at radius 1 is 1.13 bits per heavy atom. The molecule has 0 aliphatic rings. The molecule has 0 N–H and O–H groups in total. The summed E-state index contributed by atoms with van der Waals surface area (Å²) < 4.78 is 6.33. The molecular weight excluding hydrogens is 412 g/mol. The van der Waals surface area contributed by atoms with E-state index in [-0.39, 0.29) is 12.5 Å². The van der Waals surface area contributed by atoms with Crippen molar-refractivity contribution in [3.8, 4) is 11.4 Å². The van der Waals surface area contributed by atoms with Crippen molar-refractivity contribution in [1.82, 2.24) is 14.7 Å². The molecule has 8 heteroatoms. The van der Waals surface area contributed by atoms with Crippen molar-refractivity contribution >= 4 is 28.1 Å². The van der Waals surface area contributed by atoms with E-state index in [0.717, 1.165) is 27.9 Å². The van der Waals surface area contributed by atoms with Crippen molar-refractivity contribution in [2.24, 2.45) is 0 Å². The molecule has 2 aromatic heterocycles. The molecule has 158 valence electrons. The van der Waals surface area contributed by atoms with E-state index in [1.165, 1.54) is 22.8 Å². The normalized spacial score (nSPS) is 11.0. The summed E-state index contributed by atoms with van der Waals surface area (Å²) in [5, 5.41) is 6.32. The van der Waals surface area contributed by atoms with Crippen molar-refractivity contribution < 1.29 is 9.32 Å². The summed E-state index contributed by atoms with van der Waals surface area (Å²) in [6, 6.07) is 13.5. The second-order valence-electron chi connectivity index (χ2n) is 7.45. The van der Waals surface area contributed by atoms with Crippen LogP contribution in [0.2, 0.25) is 0 Å². The van der Waals surface area contributed by atoms with E-state index in [9.17, 15) is 9.59 Å². The number of rotatable bonds is 5. The van der Waals surface area contributed by atoms with E-state index in [4.69, 9.17) is 4.52 Å². The minimum Gasteiger partial charge on any atom is -0.295 e. The standard InChI is InChI=1S/C23H22N4O3S/c1-14-10-15(2)20(16(3)11-14)27(17(4)28)22-24-19(13-31-22)12-26-21(25-30-23(26)29)18-8-6-5-7-9-18/h5-11,13H,12H2,1-4H3. The van der Waals surface area contributed by atoms with E-state index >= 15 is 0 Å². The van der Waals surface area contributed by atoms with Gasteiger partial charge in [0.2, 0.25) is 5.91 Å². The maximum absolute atomic E-state index is 12.6. The number of nitrogens with zero attached hydrogens (tertiary/aromatic N) is 4. The maximum atomic E-state index is 12.6. The van der Waals surface area contributed by atoms with Gasteiger partial charge >= 0.3 is 5.76 Å². The molecule has 0 aliphatic heterocycles. The highest BCUT2D eigenvalue weighted by Crippen LogP contribution is 2.34. The number of aromatic nitrogens is 3. The Hall–Kier alpha value is -3.52. The maximum Gasteiger partial charge on any atom is 0.442 e. The Morgan fingerprint density at radius 2 is 1.81 bits per heavy atom. The van der Waals surface area contributed by atoms with Gasteiger partial charge in [0.05, 0.1) is 17.9 Å². The van der Waals surface area contributed by atoms with Crippen LogP contribution in [-0.4, -0.2) is 20.6 Å². The number of aryl methyl sites for hydroxylation is 3. The van der Waals surface area contributed by atoms with Crippen molar-refractivity contribution in [3.05, 3.63) is 80.8 Å². The van der Waals surface area contributed by atoms with Gasteiger partial charge in [0, 0.05) is 17.9 Å². The van der Waals surface area contributed by atoms with Gasteiger partial charge < -0.3 is 0 Å². The highest BCUT2D eigenvalue weighted by molar-refractivity contribution is 7.14. The van der Waals surface area contributed by atoms with Crippen molar-refractivity contribution in [1.29, 1.82) is 0 Å². The van der Waals surface area contributed by atoms with Crippen LogP contribution in [0.4, 0.5) is 10.8 Å². The van der Waals surface area contributed by atoms with Crippen LogP contribution in [0.15, 0.2) is 57.2 Å². The zero-order valence-corrected chi connectivity index (χ0v) is 18.6. The van der Waals surface area contributed by atoms with Gasteiger partial charge in [0.15, 0.2) is 11.0 Å². The molecule has 0 saturated carbocycles. The number of amides is 1. The second-order valence-corrected chi connectivity index (χ2v) is 8.28. The predicted molar refractivity (Wildman–Crippen MR) is 121 cm³/mol. The van der Waals surface area contributed by atoms with Crippen LogP contribution in [-0.2, 0) is 11.3 Å². The summed E-state index contributed by atoms with van der Waals surface area (Å²) in [5.74, 6) is -0.237. The number of hydrogen-bond donors (Lipinski definition) is 0. The highest BCUT2D eigenvalue weighted by Gasteiger charge is 2.22. The molecule has 1 amide bonds. The number of hydrogen-bond acceptors (Lipinski definition) is 6. The first-order chi connectivity index (χ1) is 14.8. The lowest BCUT2D eigenvalue weighted by Crippen LogP contribution is -2.24. The molecule has 31 heavy (non-hydrogen) atoms. The fourth-order valence-electron chi connectivity index (χ4n) is 3.75. The summed E-state index contributed by atoms with van der Waals surface area (Å²) >= 11 is 1.36. The Kier molecular flexibility index (Phi) is 5.56. The lowest BCUT2D eigenvalue weighted by molar-refractivity contribution is -0.115. The Labute approximate surface area is 183 Å². The summed E-state index contributed by atoms with van der Waals surface area (Å²) in [4.78, 5) is 31.1. The third-order valence-electron chi connectivity index (χ3n) is 4.94. The molecule has 2 aromatic carbocycles. The van der Waals surface area contributed by atoms with Crippen LogP contribution < -0.4 is 10.7 Å². The van der Waals surface area contributed by atoms with Crippen LogP contribution in [0.1, 0.15) is 29.3 Å². The van der Waals surface area contributed by atoms with Gasteiger partial charge in [-0.15, -0.1) is 11.3 Å². The van der Waals surface area contributed by atoms with Crippen LogP contribution in [0.3, 0.4) is 0 Å². The number of thiazole rings is 1. The average Bonchev–Trinajstić information content (AvgIpc) is 3.32. The van der Waals surface area contributed by atoms with Crippen LogP contribution in [0.5, 0.6) is 0 Å². The minimum atomic E-state index is -0.554. The molecule has 0 fully saturated rings. The molecule has 0 aliphatic carbocycles. The van der Waals surface area contributed by atoms with Gasteiger partial charge in [0.25, 0.3) is 0 Å². The van der Waals surface area contributed by atoms with Crippen LogP contribution >= 0.6 is 11.3 Å². The Morgan fingerprint density at radius 3 is 2.45 bits per heavy atom. The summed E-state index contributed by atoms with van der Waals surface area (Å²) in [5.41, 5.74) is 5.42. The number of anilines is 2. The van der Waals surface area contributed by atoms with Gasteiger partial charge in [-0.2, -0.15) is 0 Å². The van der Waals surface area contributed by atoms with E-state index < -0.39 is 5.76 Å². The first kappa shape index (κ1) is 20.7. The molecule has 0 saturated heterocycles. The third-order valence-corrected chi connectivity index (χ3v) is 5.82. The Balaban J connectivity index is 1.70. The number of benzene rings is 2. The topological polar surface area (TPSA) is 81.2 Å². The Bertz CT molecular complexity index is 1280. The molecule has 0 bridgehead atoms. The molecule has 7 nitrogen and oxygen atoms in total. The van der Waals surface area contributed by atoms with Gasteiger partial charge in [-0.05, 0) is 31.9 Å². The average molecular weight is 435 g/mol. The quantitative estimate of drug-likeness (QED) is 0.458. The molecule has 0 atom stereocenters. The largest absolute Gasteiger partial charge is 0.442 e. The second kappa shape index (κ2) is 8.31. The monoisotopic (exact) mass is 434 g/mol. The minimum absolute atomic E-state index is 0.122. The first-order valence-electron chi connectivity index (χ1n) is 9.80. The van der Waals surface area contributed by atoms with Gasteiger partial charge in [-0.1, -0.05) is 53.2 Å². The summed E-state index contributed by atoms with van der Waals surface area (Å²) in [6.07, 6.45) is 0. The molecule has 4 rings (SSSR count). The smallest absolute Gasteiger partial charge is 0.295 e. The molecule has 0 radical (unpaired) electrons. The van der Waals surface area contributed by atoms with Crippen molar-refractivity contribution in [2.75, 3.05) is 4.90 Å². The number of carbonyl (C=O) groups excluding carboxylic acids is 1. The summed E-state index contributed by atoms with van der Waals surface area (Å²) in [7, 11) is 0. The molecule has 2 heterocycles. The van der Waals surface area contributed by atoms with Gasteiger partial charge in [0.1, 0.15) is 0 Å². The lowest BCUT2D eigenvalue weighted by atomic mass is 10.0. The lowest BCUT2D eigenvalue weighted by Gasteiger charge is -2.23. The number of carbonyl (C=O) groups is 1. The molecule has 0 spiro atoms. The molecule has 4 aromatic rings. The zero-order chi connectivity index (χ0) is 22.1. The SMILES string of the molecule is CC(=O)N(c1nc(Cn2c(-c3ccccc3)noc2=O)cs1)c1c(C)cc(C)cc1C. The fraction of sp³-hybridized carbons (Fsp3) is 0.217. The van der Waals surface area contributed by atoms with Gasteiger partial charge in [-0.3, -0.25) is 18.8 Å². The molecular formula is C23H22N4O3S. The van der Waals surface area contributed by atoms with Crippen molar-refractivity contribution in [3.63, 3.8) is 0 Å². The van der Waals surface area contributed by atoms with Gasteiger partial charge in [-0.25, -0.2) is 9.78 Å². The zero-order valence-electron chi connectivity index (χ0n) is 17.7. The van der Waals surface area contributed by atoms with Crippen molar-refractivity contribution in [2.45, 2.75) is 34.2 Å². The summed E-state index contributed by atoms with van der Waals surface area (Å²) in [6.45, 7) is 7.73. The molecule has 0 unspecified atom stereocenters. The van der Waals surface area contributed by atoms with E-state index in [1.807, 2.05) is 56.5 Å². The fourth-order valence-corrected chi connectivity index (χ4v) is 4.61. The highest BCUT2D eigenvalue weighted by atomic mass is 32.1. The van der Waals surface area contributed by atoms with E-state index in [0.29, 0.717) is 16.6 Å². The van der Waals surface area contributed by atoms with E-state index in [2.05, 4.69) is 22.3 Å². The van der Waals surface area contributed by atoms with Crippen LogP contribution in [0.25, 0.3) is 11.4 Å². The third kappa shape index (κ3) is 4.06. The first-order valence-corrected chi connectivity index (χ1v) is 10.7. The van der Waals surface area contributed by atoms with Crippen LogP contribution in [0, 0.1) is 20.8 Å².